The molecule has 4 aromatic rings. The molecule has 1 amide bonds. The average molecular weight is 515 g/mol. The van der Waals surface area contributed by atoms with Gasteiger partial charge in [0.2, 0.25) is 5.76 Å². The normalized spacial score (nSPS) is 15.5. The lowest BCUT2D eigenvalue weighted by atomic mass is 9.98. The van der Waals surface area contributed by atoms with Crippen LogP contribution >= 0.6 is 39.1 Å². The predicted octanol–water partition coefficient (Wildman–Crippen LogP) is 6.61. The molecule has 4 nitrogen and oxygen atoms in total. The summed E-state index contributed by atoms with van der Waals surface area (Å²) in [5.74, 6) is -0.274. The van der Waals surface area contributed by atoms with Crippen LogP contribution in [-0.2, 0) is 6.54 Å². The zero-order chi connectivity index (χ0) is 21.7. The summed E-state index contributed by atoms with van der Waals surface area (Å²) in [7, 11) is 0. The van der Waals surface area contributed by atoms with Crippen molar-refractivity contribution in [1.82, 2.24) is 4.90 Å². The summed E-state index contributed by atoms with van der Waals surface area (Å²) >= 11 is 15.8. The minimum absolute atomic E-state index is 0.0619. The van der Waals surface area contributed by atoms with Gasteiger partial charge in [0.1, 0.15) is 5.58 Å². The number of halogens is 3. The van der Waals surface area contributed by atoms with E-state index in [1.807, 2.05) is 30.3 Å². The van der Waals surface area contributed by atoms with Crippen LogP contribution in [0.15, 0.2) is 80.4 Å². The van der Waals surface area contributed by atoms with Crippen molar-refractivity contribution in [2.75, 3.05) is 0 Å². The summed E-state index contributed by atoms with van der Waals surface area (Å²) in [4.78, 5) is 28.6. The maximum Gasteiger partial charge on any atom is 0.291 e. The van der Waals surface area contributed by atoms with E-state index in [4.69, 9.17) is 27.6 Å². The molecule has 3 aromatic carbocycles. The van der Waals surface area contributed by atoms with Gasteiger partial charge in [-0.05, 0) is 41.5 Å². The molecule has 5 rings (SSSR count). The Morgan fingerprint density at radius 3 is 2.45 bits per heavy atom. The highest BCUT2D eigenvalue weighted by Crippen LogP contribution is 2.40. The van der Waals surface area contributed by atoms with E-state index in [2.05, 4.69) is 15.9 Å². The maximum atomic E-state index is 13.5. The van der Waals surface area contributed by atoms with Crippen molar-refractivity contribution in [3.8, 4) is 0 Å². The SMILES string of the molecule is O=C1c2oc3ccc(Br)cc3c(=O)c2C(c2ccc(Cl)c(Cl)c2)N1Cc1ccccc1. The number of carbonyl (C=O) groups excluding carboxylic acids is 1. The molecule has 1 aliphatic heterocycles. The molecule has 1 aliphatic rings. The standard InChI is InChI=1S/C24H14BrCl2NO3/c25-15-7-9-19-16(11-15)22(29)20-21(14-6-8-17(26)18(27)10-14)28(24(30)23(20)31-19)12-13-4-2-1-3-5-13/h1-11,21H,12H2. The maximum absolute atomic E-state index is 13.5. The van der Waals surface area contributed by atoms with Gasteiger partial charge in [0.15, 0.2) is 5.43 Å². The van der Waals surface area contributed by atoms with Gasteiger partial charge in [-0.25, -0.2) is 0 Å². The van der Waals surface area contributed by atoms with Crippen molar-refractivity contribution < 1.29 is 9.21 Å². The lowest BCUT2D eigenvalue weighted by Gasteiger charge is -2.25. The van der Waals surface area contributed by atoms with Gasteiger partial charge in [-0.15, -0.1) is 0 Å². The zero-order valence-electron chi connectivity index (χ0n) is 15.9. The van der Waals surface area contributed by atoms with Crippen LogP contribution in [0.1, 0.15) is 33.3 Å². The second-order valence-corrected chi connectivity index (χ2v) is 9.04. The quantitative estimate of drug-likeness (QED) is 0.309. The fourth-order valence-corrected chi connectivity index (χ4v) is 4.63. The Balaban J connectivity index is 1.75. The summed E-state index contributed by atoms with van der Waals surface area (Å²) in [6.45, 7) is 0.314. The molecule has 1 unspecified atom stereocenters. The van der Waals surface area contributed by atoms with Crippen molar-refractivity contribution in [1.29, 1.82) is 0 Å². The first-order chi connectivity index (χ1) is 14.9. The van der Waals surface area contributed by atoms with E-state index in [9.17, 15) is 9.59 Å². The van der Waals surface area contributed by atoms with Crippen LogP contribution in [0.25, 0.3) is 11.0 Å². The van der Waals surface area contributed by atoms with E-state index in [1.165, 1.54) is 0 Å². The Bertz CT molecular complexity index is 1400. The molecule has 154 valence electrons. The smallest absolute Gasteiger partial charge is 0.291 e. The molecule has 1 atom stereocenters. The van der Waals surface area contributed by atoms with Gasteiger partial charge < -0.3 is 9.32 Å². The van der Waals surface area contributed by atoms with Crippen LogP contribution in [-0.4, -0.2) is 10.8 Å². The second-order valence-electron chi connectivity index (χ2n) is 7.31. The van der Waals surface area contributed by atoms with Crippen LogP contribution in [0.3, 0.4) is 0 Å². The first-order valence-electron chi connectivity index (χ1n) is 9.50. The Morgan fingerprint density at radius 1 is 0.935 bits per heavy atom. The van der Waals surface area contributed by atoms with Gasteiger partial charge in [0, 0.05) is 11.0 Å². The van der Waals surface area contributed by atoms with Crippen LogP contribution in [0, 0.1) is 0 Å². The van der Waals surface area contributed by atoms with E-state index in [0.717, 1.165) is 10.0 Å². The first kappa shape index (κ1) is 20.3. The number of amides is 1. The Hall–Kier alpha value is -2.60. The van der Waals surface area contributed by atoms with Crippen LogP contribution < -0.4 is 5.43 Å². The Kier molecular flexibility index (Phi) is 5.13. The second kappa shape index (κ2) is 7.83. The lowest BCUT2D eigenvalue weighted by molar-refractivity contribution is 0.0714. The number of hydrogen-bond acceptors (Lipinski definition) is 3. The summed E-state index contributed by atoms with van der Waals surface area (Å²) in [5, 5.41) is 1.17. The van der Waals surface area contributed by atoms with Gasteiger partial charge in [-0.1, -0.05) is 75.5 Å². The highest BCUT2D eigenvalue weighted by molar-refractivity contribution is 9.10. The molecule has 0 spiro atoms. The lowest BCUT2D eigenvalue weighted by Crippen LogP contribution is -2.29. The molecule has 0 aliphatic carbocycles. The van der Waals surface area contributed by atoms with Crippen molar-refractivity contribution in [3.63, 3.8) is 0 Å². The first-order valence-corrected chi connectivity index (χ1v) is 11.0. The number of carbonyl (C=O) groups is 1. The van der Waals surface area contributed by atoms with Crippen LogP contribution in [0.5, 0.6) is 0 Å². The molecule has 7 heteroatoms. The topological polar surface area (TPSA) is 50.5 Å². The number of benzene rings is 3. The highest BCUT2D eigenvalue weighted by atomic mass is 79.9. The van der Waals surface area contributed by atoms with Gasteiger partial charge in [-0.2, -0.15) is 0 Å². The van der Waals surface area contributed by atoms with Crippen molar-refractivity contribution in [3.05, 3.63) is 114 Å². The fraction of sp³-hybridized carbons (Fsp3) is 0.0833. The summed E-state index contributed by atoms with van der Waals surface area (Å²) < 4.78 is 6.71. The summed E-state index contributed by atoms with van der Waals surface area (Å²) in [5.41, 5.74) is 2.07. The third-order valence-corrected chi connectivity index (χ3v) is 6.62. The third-order valence-electron chi connectivity index (χ3n) is 5.38. The molecular weight excluding hydrogens is 501 g/mol. The molecule has 2 heterocycles. The van der Waals surface area contributed by atoms with Gasteiger partial charge in [0.05, 0.1) is 27.0 Å². The van der Waals surface area contributed by atoms with Crippen molar-refractivity contribution >= 4 is 56.0 Å². The predicted molar refractivity (Wildman–Crippen MR) is 125 cm³/mol. The van der Waals surface area contributed by atoms with Crippen LogP contribution in [0.2, 0.25) is 10.0 Å². The third kappa shape index (κ3) is 3.47. The zero-order valence-corrected chi connectivity index (χ0v) is 19.0. The van der Waals surface area contributed by atoms with Crippen molar-refractivity contribution in [2.24, 2.45) is 0 Å². The molecule has 0 N–H and O–H groups in total. The molecular formula is C24H14BrCl2NO3. The molecule has 0 fully saturated rings. The highest BCUT2D eigenvalue weighted by Gasteiger charge is 2.42. The van der Waals surface area contributed by atoms with E-state index >= 15 is 0 Å². The molecule has 31 heavy (non-hydrogen) atoms. The Labute approximate surface area is 196 Å². The average Bonchev–Trinajstić information content (AvgIpc) is 3.03. The summed E-state index contributed by atoms with van der Waals surface area (Å²) in [6, 6.07) is 19.3. The minimum Gasteiger partial charge on any atom is -0.450 e. The monoisotopic (exact) mass is 513 g/mol. The van der Waals surface area contributed by atoms with E-state index in [0.29, 0.717) is 38.7 Å². The van der Waals surface area contributed by atoms with Gasteiger partial charge in [-0.3, -0.25) is 9.59 Å². The summed E-state index contributed by atoms with van der Waals surface area (Å²) in [6.07, 6.45) is 0. The Morgan fingerprint density at radius 2 is 1.71 bits per heavy atom. The van der Waals surface area contributed by atoms with Gasteiger partial charge in [0.25, 0.3) is 5.91 Å². The number of rotatable bonds is 3. The molecule has 0 saturated heterocycles. The number of nitrogens with zero attached hydrogens (tertiary/aromatic N) is 1. The molecule has 0 radical (unpaired) electrons. The van der Waals surface area contributed by atoms with Gasteiger partial charge >= 0.3 is 0 Å². The van der Waals surface area contributed by atoms with E-state index in [-0.39, 0.29) is 17.1 Å². The van der Waals surface area contributed by atoms with E-state index in [1.54, 1.807) is 41.3 Å². The fourth-order valence-electron chi connectivity index (χ4n) is 3.96. The van der Waals surface area contributed by atoms with Crippen molar-refractivity contribution in [2.45, 2.75) is 12.6 Å². The molecule has 0 bridgehead atoms. The largest absolute Gasteiger partial charge is 0.450 e. The molecule has 1 aromatic heterocycles. The van der Waals surface area contributed by atoms with E-state index < -0.39 is 6.04 Å². The molecule has 0 saturated carbocycles. The minimum atomic E-state index is -0.642. The van der Waals surface area contributed by atoms with Crippen LogP contribution in [0.4, 0.5) is 0 Å². The number of fused-ring (bicyclic) bond motifs is 2. The number of hydrogen-bond donors (Lipinski definition) is 0.